The Balaban J connectivity index is 1.97. The minimum atomic E-state index is -3.27. The molecule has 5 heteroatoms. The van der Waals surface area contributed by atoms with E-state index in [-0.39, 0.29) is 0 Å². The van der Waals surface area contributed by atoms with E-state index in [0.29, 0.717) is 18.4 Å². The maximum absolute atomic E-state index is 10.8. The lowest BCUT2D eigenvalue weighted by atomic mass is 9.76. The van der Waals surface area contributed by atoms with Crippen LogP contribution in [0.25, 0.3) is 0 Å². The molecule has 1 aliphatic rings. The van der Waals surface area contributed by atoms with Crippen LogP contribution in [0.1, 0.15) is 32.6 Å². The second-order valence-electron chi connectivity index (χ2n) is 4.62. The smallest absolute Gasteiger partial charge is 0.264 e. The predicted octanol–water partition coefficient (Wildman–Crippen LogP) is 1.81. The number of ether oxygens (including phenoxy) is 1. The Morgan fingerprint density at radius 2 is 1.81 bits per heavy atom. The zero-order valence-electron chi connectivity index (χ0n) is 10.1. The average molecular weight is 250 g/mol. The molecule has 0 atom stereocenters. The summed E-state index contributed by atoms with van der Waals surface area (Å²) in [6.45, 7) is 4.14. The molecule has 1 fully saturated rings. The molecule has 0 heterocycles. The highest BCUT2D eigenvalue weighted by atomic mass is 32.2. The van der Waals surface area contributed by atoms with Crippen molar-refractivity contribution in [1.29, 1.82) is 0 Å². The van der Waals surface area contributed by atoms with E-state index < -0.39 is 10.1 Å². The second-order valence-corrected chi connectivity index (χ2v) is 6.26. The van der Waals surface area contributed by atoms with Gasteiger partial charge >= 0.3 is 0 Å². The summed E-state index contributed by atoms with van der Waals surface area (Å²) in [6.07, 6.45) is 5.43. The SMILES string of the molecule is CCCCOC[C@H]1C[C@@H](COS(C)(=O)=O)C1. The molecule has 1 saturated carbocycles. The first-order valence-electron chi connectivity index (χ1n) is 5.93. The van der Waals surface area contributed by atoms with Crippen LogP contribution in [0, 0.1) is 11.8 Å². The van der Waals surface area contributed by atoms with Crippen LogP contribution in [-0.4, -0.2) is 34.5 Å². The Morgan fingerprint density at radius 1 is 1.19 bits per heavy atom. The summed E-state index contributed by atoms with van der Waals surface area (Å²) in [6, 6.07) is 0. The van der Waals surface area contributed by atoms with Crippen molar-refractivity contribution in [2.75, 3.05) is 26.1 Å². The van der Waals surface area contributed by atoms with Crippen molar-refractivity contribution >= 4 is 10.1 Å². The average Bonchev–Trinajstić information content (AvgIpc) is 2.12. The number of hydrogen-bond donors (Lipinski definition) is 0. The lowest BCUT2D eigenvalue weighted by molar-refractivity contribution is 0.0283. The summed E-state index contributed by atoms with van der Waals surface area (Å²) >= 11 is 0. The molecule has 0 aromatic rings. The summed E-state index contributed by atoms with van der Waals surface area (Å²) < 4.78 is 31.8. The molecule has 0 unspecified atom stereocenters. The number of rotatable bonds is 8. The van der Waals surface area contributed by atoms with Crippen LogP contribution in [0.3, 0.4) is 0 Å². The van der Waals surface area contributed by atoms with Gasteiger partial charge in [-0.1, -0.05) is 13.3 Å². The van der Waals surface area contributed by atoms with E-state index in [1.54, 1.807) is 0 Å². The molecule has 1 aliphatic carbocycles. The van der Waals surface area contributed by atoms with E-state index in [2.05, 4.69) is 6.92 Å². The van der Waals surface area contributed by atoms with Gasteiger partial charge in [0.15, 0.2) is 0 Å². The highest BCUT2D eigenvalue weighted by molar-refractivity contribution is 7.85. The van der Waals surface area contributed by atoms with Gasteiger partial charge in [0.1, 0.15) is 0 Å². The van der Waals surface area contributed by atoms with Gasteiger partial charge < -0.3 is 4.74 Å². The molecule has 0 amide bonds. The van der Waals surface area contributed by atoms with Gasteiger partial charge in [-0.25, -0.2) is 0 Å². The number of hydrogen-bond acceptors (Lipinski definition) is 4. The Labute approximate surface area is 98.4 Å². The molecule has 0 aromatic carbocycles. The van der Waals surface area contributed by atoms with Crippen molar-refractivity contribution in [1.82, 2.24) is 0 Å². The summed E-state index contributed by atoms with van der Waals surface area (Å²) in [5.41, 5.74) is 0. The molecule has 4 nitrogen and oxygen atoms in total. The zero-order chi connectivity index (χ0) is 12.0. The quantitative estimate of drug-likeness (QED) is 0.487. The lowest BCUT2D eigenvalue weighted by Gasteiger charge is -2.34. The van der Waals surface area contributed by atoms with Gasteiger partial charge in [-0.3, -0.25) is 4.18 Å². The van der Waals surface area contributed by atoms with Gasteiger partial charge in [-0.2, -0.15) is 8.42 Å². The highest BCUT2D eigenvalue weighted by Gasteiger charge is 2.30. The molecule has 0 radical (unpaired) electrons. The van der Waals surface area contributed by atoms with Crippen LogP contribution in [0.5, 0.6) is 0 Å². The third-order valence-electron chi connectivity index (χ3n) is 2.85. The molecule has 0 N–H and O–H groups in total. The van der Waals surface area contributed by atoms with Gasteiger partial charge in [0, 0.05) is 13.2 Å². The largest absolute Gasteiger partial charge is 0.381 e. The second kappa shape index (κ2) is 6.57. The first-order valence-corrected chi connectivity index (χ1v) is 7.75. The molecule has 0 aliphatic heterocycles. The van der Waals surface area contributed by atoms with Crippen molar-refractivity contribution in [2.45, 2.75) is 32.6 Å². The summed E-state index contributed by atoms with van der Waals surface area (Å²) in [4.78, 5) is 0. The van der Waals surface area contributed by atoms with Crippen LogP contribution in [0.4, 0.5) is 0 Å². The summed E-state index contributed by atoms with van der Waals surface area (Å²) in [7, 11) is -3.27. The van der Waals surface area contributed by atoms with Gasteiger partial charge in [0.25, 0.3) is 10.1 Å². The Kier molecular flexibility index (Phi) is 5.72. The summed E-state index contributed by atoms with van der Waals surface area (Å²) in [5, 5.41) is 0. The molecule has 0 aromatic heterocycles. The monoisotopic (exact) mass is 250 g/mol. The fraction of sp³-hybridized carbons (Fsp3) is 1.00. The maximum Gasteiger partial charge on any atom is 0.264 e. The topological polar surface area (TPSA) is 52.6 Å². The minimum absolute atomic E-state index is 0.338. The molecule has 0 saturated heterocycles. The standard InChI is InChI=1S/C11H22O4S/c1-3-4-5-14-8-10-6-11(7-10)9-15-16(2,12)13/h10-11H,3-9H2,1-2H3/t10-,11+. The fourth-order valence-corrected chi connectivity index (χ4v) is 2.30. The molecule has 96 valence electrons. The van der Waals surface area contributed by atoms with E-state index >= 15 is 0 Å². The summed E-state index contributed by atoms with van der Waals surface area (Å²) in [5.74, 6) is 1.000. The van der Waals surface area contributed by atoms with Crippen molar-refractivity contribution in [2.24, 2.45) is 11.8 Å². The van der Waals surface area contributed by atoms with Gasteiger partial charge in [-0.15, -0.1) is 0 Å². The van der Waals surface area contributed by atoms with Gasteiger partial charge in [0.05, 0.1) is 12.9 Å². The Morgan fingerprint density at radius 3 is 2.38 bits per heavy atom. The molecular weight excluding hydrogens is 228 g/mol. The molecule has 1 rings (SSSR count). The van der Waals surface area contributed by atoms with Crippen LogP contribution in [-0.2, 0) is 19.0 Å². The molecular formula is C11H22O4S. The minimum Gasteiger partial charge on any atom is -0.381 e. The van der Waals surface area contributed by atoms with Crippen LogP contribution >= 0.6 is 0 Å². The first kappa shape index (κ1) is 13.9. The van der Waals surface area contributed by atoms with E-state index in [1.807, 2.05) is 0 Å². The highest BCUT2D eigenvalue weighted by Crippen LogP contribution is 2.34. The van der Waals surface area contributed by atoms with E-state index in [9.17, 15) is 8.42 Å². The third-order valence-corrected chi connectivity index (χ3v) is 3.41. The van der Waals surface area contributed by atoms with E-state index in [1.165, 1.54) is 0 Å². The zero-order valence-corrected chi connectivity index (χ0v) is 11.0. The van der Waals surface area contributed by atoms with Crippen molar-refractivity contribution in [3.05, 3.63) is 0 Å². The maximum atomic E-state index is 10.8. The lowest BCUT2D eigenvalue weighted by Crippen LogP contribution is -2.31. The molecule has 16 heavy (non-hydrogen) atoms. The van der Waals surface area contributed by atoms with Crippen molar-refractivity contribution in [3.63, 3.8) is 0 Å². The first-order chi connectivity index (χ1) is 7.51. The predicted molar refractivity (Wildman–Crippen MR) is 62.7 cm³/mol. The van der Waals surface area contributed by atoms with E-state index in [4.69, 9.17) is 8.92 Å². The van der Waals surface area contributed by atoms with Crippen LogP contribution < -0.4 is 0 Å². The number of unbranched alkanes of at least 4 members (excludes halogenated alkanes) is 1. The van der Waals surface area contributed by atoms with Gasteiger partial charge in [-0.05, 0) is 31.1 Å². The molecule has 0 spiro atoms. The third kappa shape index (κ3) is 5.82. The van der Waals surface area contributed by atoms with Crippen LogP contribution in [0.2, 0.25) is 0 Å². The molecule has 0 bridgehead atoms. The van der Waals surface area contributed by atoms with Crippen molar-refractivity contribution < 1.29 is 17.3 Å². The van der Waals surface area contributed by atoms with Crippen LogP contribution in [0.15, 0.2) is 0 Å². The van der Waals surface area contributed by atoms with Gasteiger partial charge in [0.2, 0.25) is 0 Å². The fourth-order valence-electron chi connectivity index (χ4n) is 1.86. The van der Waals surface area contributed by atoms with Crippen molar-refractivity contribution in [3.8, 4) is 0 Å². The normalized spacial score (nSPS) is 25.4. The van der Waals surface area contributed by atoms with E-state index in [0.717, 1.165) is 45.2 Å². The Bertz CT molecular complexity index is 280. The Hall–Kier alpha value is -0.130.